The van der Waals surface area contributed by atoms with Gasteiger partial charge in [-0.2, -0.15) is 0 Å². The number of anilines is 1. The molecule has 4 amide bonds. The number of nitrogen functional groups attached to an aromatic ring is 1. The molecule has 7 nitrogen and oxygen atoms in total. The molecular formula is C14H18N4O3. The van der Waals surface area contributed by atoms with E-state index in [0.29, 0.717) is 12.1 Å². The molecule has 0 spiro atoms. The van der Waals surface area contributed by atoms with Gasteiger partial charge in [-0.3, -0.25) is 9.59 Å². The summed E-state index contributed by atoms with van der Waals surface area (Å²) >= 11 is 0. The Morgan fingerprint density at radius 3 is 2.38 bits per heavy atom. The molecule has 0 radical (unpaired) electrons. The van der Waals surface area contributed by atoms with Gasteiger partial charge in [-0.15, -0.1) is 0 Å². The van der Waals surface area contributed by atoms with E-state index in [2.05, 4.69) is 5.32 Å². The lowest BCUT2D eigenvalue weighted by Gasteiger charge is -2.29. The van der Waals surface area contributed by atoms with E-state index in [1.54, 1.807) is 24.3 Å². The number of carbonyl (C=O) groups excluding carboxylic acids is 3. The molecule has 21 heavy (non-hydrogen) atoms. The van der Waals surface area contributed by atoms with E-state index >= 15 is 0 Å². The van der Waals surface area contributed by atoms with Crippen molar-refractivity contribution < 1.29 is 14.4 Å². The molecule has 1 aromatic rings. The maximum Gasteiger partial charge on any atom is 0.325 e. The lowest BCUT2D eigenvalue weighted by atomic mass is 10.0. The van der Waals surface area contributed by atoms with Gasteiger partial charge in [0.05, 0.1) is 0 Å². The van der Waals surface area contributed by atoms with E-state index in [1.807, 2.05) is 0 Å². The van der Waals surface area contributed by atoms with Crippen molar-refractivity contribution in [3.8, 4) is 0 Å². The van der Waals surface area contributed by atoms with Crippen LogP contribution in [0, 0.1) is 0 Å². The molecular weight excluding hydrogens is 272 g/mol. The molecule has 1 fully saturated rings. The van der Waals surface area contributed by atoms with Crippen LogP contribution in [0.5, 0.6) is 0 Å². The normalized spacial score (nSPS) is 18.8. The molecule has 1 heterocycles. The van der Waals surface area contributed by atoms with Crippen LogP contribution in [-0.4, -0.2) is 34.3 Å². The number of imide groups is 1. The number of carbonyl (C=O) groups is 3. The fraction of sp³-hybridized carbons (Fsp3) is 0.357. The molecule has 0 saturated carbocycles. The molecule has 0 bridgehead atoms. The van der Waals surface area contributed by atoms with Crippen LogP contribution in [0.15, 0.2) is 24.3 Å². The van der Waals surface area contributed by atoms with Crippen LogP contribution in [0.4, 0.5) is 10.5 Å². The van der Waals surface area contributed by atoms with Gasteiger partial charge in [0, 0.05) is 12.1 Å². The fourth-order valence-corrected chi connectivity index (χ4v) is 2.20. The molecule has 5 N–H and O–H groups in total. The Morgan fingerprint density at radius 2 is 1.86 bits per heavy atom. The molecule has 2 rings (SSSR count). The van der Waals surface area contributed by atoms with Gasteiger partial charge in [0.2, 0.25) is 5.91 Å². The first-order valence-corrected chi connectivity index (χ1v) is 6.52. The molecule has 7 heteroatoms. The summed E-state index contributed by atoms with van der Waals surface area (Å²) in [7, 11) is 0. The first-order valence-electron chi connectivity index (χ1n) is 6.52. The number of hydrogen-bond donors (Lipinski definition) is 3. The molecule has 112 valence electrons. The number of primary amides is 1. The van der Waals surface area contributed by atoms with Gasteiger partial charge in [0.15, 0.2) is 0 Å². The summed E-state index contributed by atoms with van der Waals surface area (Å²) in [6.45, 7) is 2.89. The lowest BCUT2D eigenvalue weighted by Crippen LogP contribution is -2.56. The van der Waals surface area contributed by atoms with Crippen LogP contribution in [0.1, 0.15) is 19.4 Å². The SMILES string of the molecule is CC(C)(C(N)=O)N1C(=O)NC(Cc2ccc(N)cc2)C1=O. The summed E-state index contributed by atoms with van der Waals surface area (Å²) in [6.07, 6.45) is 0.330. The van der Waals surface area contributed by atoms with Crippen molar-refractivity contribution in [2.24, 2.45) is 5.73 Å². The number of hydrogen-bond acceptors (Lipinski definition) is 4. The zero-order valence-corrected chi connectivity index (χ0v) is 11.9. The highest BCUT2D eigenvalue weighted by Crippen LogP contribution is 2.22. The quantitative estimate of drug-likeness (QED) is 0.534. The van der Waals surface area contributed by atoms with E-state index in [1.165, 1.54) is 13.8 Å². The molecule has 1 unspecified atom stereocenters. The maximum atomic E-state index is 12.3. The van der Waals surface area contributed by atoms with Gasteiger partial charge in [-0.05, 0) is 31.5 Å². The Hall–Kier alpha value is -2.57. The smallest absolute Gasteiger partial charge is 0.325 e. The number of urea groups is 1. The summed E-state index contributed by atoms with van der Waals surface area (Å²) in [4.78, 5) is 36.6. The zero-order valence-electron chi connectivity index (χ0n) is 11.9. The Bertz CT molecular complexity index is 595. The molecule has 1 saturated heterocycles. The predicted molar refractivity (Wildman–Crippen MR) is 77.0 cm³/mol. The third kappa shape index (κ3) is 2.67. The summed E-state index contributed by atoms with van der Waals surface area (Å²) in [6, 6.07) is 5.71. The Morgan fingerprint density at radius 1 is 1.29 bits per heavy atom. The third-order valence-corrected chi connectivity index (χ3v) is 3.60. The van der Waals surface area contributed by atoms with Crippen molar-refractivity contribution in [1.82, 2.24) is 10.2 Å². The van der Waals surface area contributed by atoms with Crippen LogP contribution in [0.3, 0.4) is 0 Å². The second-order valence-corrected chi connectivity index (χ2v) is 5.54. The number of amides is 4. The Labute approximate surface area is 122 Å². The van der Waals surface area contributed by atoms with Gasteiger partial charge in [0.1, 0.15) is 11.6 Å². The first-order chi connectivity index (χ1) is 9.73. The number of nitrogens with one attached hydrogen (secondary N) is 1. The van der Waals surface area contributed by atoms with Gasteiger partial charge >= 0.3 is 6.03 Å². The minimum atomic E-state index is -1.36. The number of rotatable bonds is 4. The Balaban J connectivity index is 2.18. The standard InChI is InChI=1S/C14H18N4O3/c1-14(2,12(16)20)18-11(19)10(17-13(18)21)7-8-3-5-9(15)6-4-8/h3-6,10H,7,15H2,1-2H3,(H2,16,20)(H,17,21). The second kappa shape index (κ2) is 5.08. The fourth-order valence-electron chi connectivity index (χ4n) is 2.20. The second-order valence-electron chi connectivity index (χ2n) is 5.54. The van der Waals surface area contributed by atoms with Crippen molar-refractivity contribution >= 4 is 23.5 Å². The van der Waals surface area contributed by atoms with Crippen LogP contribution in [0.2, 0.25) is 0 Å². The summed E-state index contributed by atoms with van der Waals surface area (Å²) in [5.74, 6) is -1.19. The van der Waals surface area contributed by atoms with Gasteiger partial charge in [-0.1, -0.05) is 12.1 Å². The van der Waals surface area contributed by atoms with Crippen molar-refractivity contribution in [2.45, 2.75) is 31.8 Å². The van der Waals surface area contributed by atoms with E-state index < -0.39 is 29.4 Å². The summed E-state index contributed by atoms with van der Waals surface area (Å²) < 4.78 is 0. The first kappa shape index (κ1) is 14.8. The van der Waals surface area contributed by atoms with E-state index in [9.17, 15) is 14.4 Å². The van der Waals surface area contributed by atoms with Crippen molar-refractivity contribution in [3.63, 3.8) is 0 Å². The van der Waals surface area contributed by atoms with E-state index in [4.69, 9.17) is 11.5 Å². The van der Waals surface area contributed by atoms with Gasteiger partial charge in [0.25, 0.3) is 5.91 Å². The number of benzene rings is 1. The summed E-state index contributed by atoms with van der Waals surface area (Å²) in [5, 5.41) is 2.58. The molecule has 1 aromatic carbocycles. The monoisotopic (exact) mass is 290 g/mol. The van der Waals surface area contributed by atoms with E-state index in [0.717, 1.165) is 10.5 Å². The largest absolute Gasteiger partial charge is 0.399 e. The minimum absolute atomic E-state index is 0.330. The third-order valence-electron chi connectivity index (χ3n) is 3.60. The maximum absolute atomic E-state index is 12.3. The minimum Gasteiger partial charge on any atom is -0.399 e. The van der Waals surface area contributed by atoms with Crippen LogP contribution in [-0.2, 0) is 16.0 Å². The van der Waals surface area contributed by atoms with Crippen LogP contribution < -0.4 is 16.8 Å². The highest BCUT2D eigenvalue weighted by atomic mass is 16.2. The average molecular weight is 290 g/mol. The lowest BCUT2D eigenvalue weighted by molar-refractivity contribution is -0.138. The van der Waals surface area contributed by atoms with Crippen molar-refractivity contribution in [2.75, 3.05) is 5.73 Å². The van der Waals surface area contributed by atoms with Crippen LogP contribution in [0.25, 0.3) is 0 Å². The highest BCUT2D eigenvalue weighted by molar-refractivity contribution is 6.08. The molecule has 0 aliphatic carbocycles. The molecule has 0 aromatic heterocycles. The van der Waals surface area contributed by atoms with Crippen molar-refractivity contribution in [1.29, 1.82) is 0 Å². The van der Waals surface area contributed by atoms with Crippen molar-refractivity contribution in [3.05, 3.63) is 29.8 Å². The van der Waals surface area contributed by atoms with E-state index in [-0.39, 0.29) is 0 Å². The predicted octanol–water partition coefficient (Wildman–Crippen LogP) is -0.00440. The van der Waals surface area contributed by atoms with Crippen LogP contribution >= 0.6 is 0 Å². The number of nitrogens with two attached hydrogens (primary N) is 2. The number of nitrogens with zero attached hydrogens (tertiary/aromatic N) is 1. The molecule has 1 aliphatic rings. The topological polar surface area (TPSA) is 119 Å². The van der Waals surface area contributed by atoms with Gasteiger partial charge in [-0.25, -0.2) is 9.69 Å². The zero-order chi connectivity index (χ0) is 15.8. The molecule has 1 atom stereocenters. The summed E-state index contributed by atoms with van der Waals surface area (Å²) in [5.41, 5.74) is 11.0. The molecule has 1 aliphatic heterocycles. The highest BCUT2D eigenvalue weighted by Gasteiger charge is 2.48. The van der Waals surface area contributed by atoms with Gasteiger partial charge < -0.3 is 16.8 Å². The average Bonchev–Trinajstić information content (AvgIpc) is 2.67. The Kier molecular flexibility index (Phi) is 3.59.